The van der Waals surface area contributed by atoms with E-state index in [4.69, 9.17) is 19.2 Å². The highest BCUT2D eigenvalue weighted by Gasteiger charge is 2.45. The molecule has 0 amide bonds. The standard InChI is InChI=1S/C29H32FNO5/c1-5-6-13-36-29(33)26-17(2)31-22-14-19(18-11-12-24(34-3)25(16-18)35-4)15-23(32)28(22)27(26)20-9-7-8-10-21(20)30/h7-12,16,19,26-27H,5-6,13-15H2,1-4H3/t19-,26?,27+/m0/s1. The summed E-state index contributed by atoms with van der Waals surface area (Å²) in [5, 5.41) is 0. The zero-order valence-electron chi connectivity index (χ0n) is 21.2. The quantitative estimate of drug-likeness (QED) is 0.345. The van der Waals surface area contributed by atoms with E-state index in [9.17, 15) is 9.59 Å². The van der Waals surface area contributed by atoms with Crippen LogP contribution in [0.15, 0.2) is 58.7 Å². The molecule has 4 rings (SSSR count). The number of ether oxygens (including phenoxy) is 3. The summed E-state index contributed by atoms with van der Waals surface area (Å²) in [6.07, 6.45) is 2.34. The fourth-order valence-electron chi connectivity index (χ4n) is 5.18. The molecule has 1 aliphatic heterocycles. The number of esters is 1. The number of nitrogens with zero attached hydrogens (tertiary/aromatic N) is 1. The van der Waals surface area contributed by atoms with Crippen molar-refractivity contribution in [1.29, 1.82) is 0 Å². The summed E-state index contributed by atoms with van der Waals surface area (Å²) in [5.74, 6) is -1.60. The minimum absolute atomic E-state index is 0.123. The smallest absolute Gasteiger partial charge is 0.315 e. The molecule has 0 aromatic heterocycles. The van der Waals surface area contributed by atoms with Crippen molar-refractivity contribution < 1.29 is 28.2 Å². The number of methoxy groups -OCH3 is 2. The summed E-state index contributed by atoms with van der Waals surface area (Å²) in [6, 6.07) is 11.9. The molecule has 0 saturated heterocycles. The number of aliphatic imine (C=N–C) groups is 1. The lowest BCUT2D eigenvalue weighted by Gasteiger charge is -2.36. The lowest BCUT2D eigenvalue weighted by molar-refractivity contribution is -0.146. The first kappa shape index (κ1) is 25.6. The molecule has 6 nitrogen and oxygen atoms in total. The van der Waals surface area contributed by atoms with Crippen LogP contribution in [0.4, 0.5) is 4.39 Å². The van der Waals surface area contributed by atoms with Crippen LogP contribution in [0.1, 0.15) is 62.5 Å². The Morgan fingerprint density at radius 3 is 2.53 bits per heavy atom. The number of benzene rings is 2. The van der Waals surface area contributed by atoms with Crippen molar-refractivity contribution >= 4 is 17.5 Å². The summed E-state index contributed by atoms with van der Waals surface area (Å²) in [4.78, 5) is 31.6. The van der Waals surface area contributed by atoms with Gasteiger partial charge in [0.25, 0.3) is 0 Å². The summed E-state index contributed by atoms with van der Waals surface area (Å²) in [7, 11) is 3.15. The van der Waals surface area contributed by atoms with Crippen LogP contribution in [0.2, 0.25) is 0 Å². The Hall–Kier alpha value is -3.48. The molecule has 2 aliphatic rings. The number of ketones is 1. The topological polar surface area (TPSA) is 74.2 Å². The largest absolute Gasteiger partial charge is 0.493 e. The van der Waals surface area contributed by atoms with Gasteiger partial charge in [-0.25, -0.2) is 4.39 Å². The molecule has 190 valence electrons. The molecule has 0 radical (unpaired) electrons. The van der Waals surface area contributed by atoms with E-state index in [1.165, 1.54) is 6.07 Å². The molecular weight excluding hydrogens is 461 g/mol. The third-order valence-corrected chi connectivity index (χ3v) is 7.00. The Kier molecular flexibility index (Phi) is 7.87. The summed E-state index contributed by atoms with van der Waals surface area (Å²) in [6.45, 7) is 4.05. The normalized spacial score (nSPS) is 21.5. The molecule has 2 aromatic carbocycles. The van der Waals surface area contributed by atoms with Gasteiger partial charge in [-0.05, 0) is 55.0 Å². The van der Waals surface area contributed by atoms with Crippen molar-refractivity contribution in [3.63, 3.8) is 0 Å². The second kappa shape index (κ2) is 11.1. The van der Waals surface area contributed by atoms with Crippen LogP contribution >= 0.6 is 0 Å². The number of Topliss-reactive ketones (excluding diaryl/α,β-unsaturated/α-hetero) is 1. The zero-order chi connectivity index (χ0) is 25.8. The van der Waals surface area contributed by atoms with Gasteiger partial charge in [0.1, 0.15) is 11.7 Å². The highest BCUT2D eigenvalue weighted by atomic mass is 19.1. The first-order valence-corrected chi connectivity index (χ1v) is 12.3. The first-order valence-electron chi connectivity index (χ1n) is 12.3. The van der Waals surface area contributed by atoms with E-state index in [1.54, 1.807) is 39.3 Å². The predicted octanol–water partition coefficient (Wildman–Crippen LogP) is 5.76. The van der Waals surface area contributed by atoms with Crippen LogP contribution in [0.25, 0.3) is 0 Å². The molecular formula is C29H32FNO5. The van der Waals surface area contributed by atoms with Gasteiger partial charge in [0, 0.05) is 29.3 Å². The number of rotatable bonds is 8. The van der Waals surface area contributed by atoms with E-state index in [-0.39, 0.29) is 24.7 Å². The highest BCUT2D eigenvalue weighted by molar-refractivity contribution is 6.09. The van der Waals surface area contributed by atoms with Gasteiger partial charge >= 0.3 is 5.97 Å². The average molecular weight is 494 g/mol. The zero-order valence-corrected chi connectivity index (χ0v) is 21.2. The molecule has 2 aromatic rings. The number of carbonyl (C=O) groups excluding carboxylic acids is 2. The van der Waals surface area contributed by atoms with Crippen LogP contribution < -0.4 is 9.47 Å². The third kappa shape index (κ3) is 4.92. The maximum absolute atomic E-state index is 15.1. The molecule has 0 N–H and O–H groups in total. The van der Waals surface area contributed by atoms with E-state index in [2.05, 4.69) is 0 Å². The molecule has 1 unspecified atom stereocenters. The lowest BCUT2D eigenvalue weighted by atomic mass is 9.69. The summed E-state index contributed by atoms with van der Waals surface area (Å²) >= 11 is 0. The van der Waals surface area contributed by atoms with Gasteiger partial charge in [0.15, 0.2) is 17.3 Å². The number of hydrogen-bond acceptors (Lipinski definition) is 6. The van der Waals surface area contributed by atoms with E-state index >= 15 is 4.39 Å². The molecule has 7 heteroatoms. The lowest BCUT2D eigenvalue weighted by Crippen LogP contribution is -2.38. The Morgan fingerprint density at radius 2 is 1.83 bits per heavy atom. The fourth-order valence-corrected chi connectivity index (χ4v) is 5.18. The minimum Gasteiger partial charge on any atom is -0.493 e. The maximum atomic E-state index is 15.1. The Bertz CT molecular complexity index is 1220. The molecule has 0 bridgehead atoms. The molecule has 0 fully saturated rings. The minimum atomic E-state index is -0.848. The van der Waals surface area contributed by atoms with E-state index < -0.39 is 23.6 Å². The van der Waals surface area contributed by atoms with Crippen molar-refractivity contribution in [3.8, 4) is 11.5 Å². The van der Waals surface area contributed by atoms with Gasteiger partial charge in [-0.1, -0.05) is 37.6 Å². The SMILES string of the molecule is CCCCOC(=O)C1C(C)=NC2=C(C(=O)C[C@@H](c3ccc(OC)c(OC)c3)C2)[C@@H]1c1ccccc1F. The maximum Gasteiger partial charge on any atom is 0.315 e. The summed E-state index contributed by atoms with van der Waals surface area (Å²) in [5.41, 5.74) is 2.80. The molecule has 36 heavy (non-hydrogen) atoms. The Morgan fingerprint density at radius 1 is 1.08 bits per heavy atom. The number of halogens is 1. The first-order chi connectivity index (χ1) is 17.4. The van der Waals surface area contributed by atoms with Crippen molar-refractivity contribution in [2.75, 3.05) is 20.8 Å². The molecule has 0 spiro atoms. The van der Waals surface area contributed by atoms with Crippen LogP contribution in [-0.2, 0) is 14.3 Å². The highest BCUT2D eigenvalue weighted by Crippen LogP contribution is 2.48. The predicted molar refractivity (Wildman–Crippen MR) is 135 cm³/mol. The van der Waals surface area contributed by atoms with Crippen molar-refractivity contribution in [1.82, 2.24) is 0 Å². The molecule has 1 aliphatic carbocycles. The van der Waals surface area contributed by atoms with Crippen molar-refractivity contribution in [3.05, 3.63) is 70.7 Å². The monoisotopic (exact) mass is 493 g/mol. The van der Waals surface area contributed by atoms with Gasteiger partial charge in [0.2, 0.25) is 0 Å². The molecule has 1 heterocycles. The van der Waals surface area contributed by atoms with Gasteiger partial charge in [0.05, 0.1) is 20.8 Å². The van der Waals surface area contributed by atoms with Crippen molar-refractivity contribution in [2.24, 2.45) is 10.9 Å². The van der Waals surface area contributed by atoms with Crippen LogP contribution in [0.5, 0.6) is 11.5 Å². The van der Waals surface area contributed by atoms with Gasteiger partial charge in [-0.3, -0.25) is 14.6 Å². The number of unbranched alkanes of at least 4 members (excludes halogenated alkanes) is 1. The van der Waals surface area contributed by atoms with Gasteiger partial charge in [-0.2, -0.15) is 0 Å². The van der Waals surface area contributed by atoms with Crippen LogP contribution in [0.3, 0.4) is 0 Å². The van der Waals surface area contributed by atoms with E-state index in [0.29, 0.717) is 40.5 Å². The second-order valence-electron chi connectivity index (χ2n) is 9.25. The number of allylic oxidation sites excluding steroid dienone is 2. The fraction of sp³-hybridized carbons (Fsp3) is 0.414. The van der Waals surface area contributed by atoms with Gasteiger partial charge in [-0.15, -0.1) is 0 Å². The van der Waals surface area contributed by atoms with Crippen LogP contribution in [0, 0.1) is 11.7 Å². The number of hydrogen-bond donors (Lipinski definition) is 0. The third-order valence-electron chi connectivity index (χ3n) is 7.00. The number of carbonyl (C=O) groups is 2. The van der Waals surface area contributed by atoms with E-state index in [0.717, 1.165) is 18.4 Å². The molecule has 3 atom stereocenters. The van der Waals surface area contributed by atoms with Gasteiger partial charge < -0.3 is 14.2 Å². The van der Waals surface area contributed by atoms with Crippen LogP contribution in [-0.4, -0.2) is 38.3 Å². The summed E-state index contributed by atoms with van der Waals surface area (Å²) < 4.78 is 31.4. The van der Waals surface area contributed by atoms with E-state index in [1.807, 2.05) is 25.1 Å². The molecule has 0 saturated carbocycles. The Labute approximate surface area is 211 Å². The Balaban J connectivity index is 1.75. The second-order valence-corrected chi connectivity index (χ2v) is 9.25. The van der Waals surface area contributed by atoms with Crippen molar-refractivity contribution in [2.45, 2.75) is 51.4 Å². The average Bonchev–Trinajstić information content (AvgIpc) is 2.87.